The molecule has 0 spiro atoms. The van der Waals surface area contributed by atoms with Crippen LogP contribution in [0.4, 0.5) is 9.18 Å². The summed E-state index contributed by atoms with van der Waals surface area (Å²) in [4.78, 5) is 24.1. The van der Waals surface area contributed by atoms with E-state index in [9.17, 15) is 14.0 Å². The van der Waals surface area contributed by atoms with E-state index in [1.165, 1.54) is 17.0 Å². The molecule has 1 aliphatic carbocycles. The maximum absolute atomic E-state index is 13.1. The van der Waals surface area contributed by atoms with Gasteiger partial charge in [-0.2, -0.15) is 0 Å². The van der Waals surface area contributed by atoms with Crippen LogP contribution in [0.5, 0.6) is 0 Å². The van der Waals surface area contributed by atoms with E-state index in [4.69, 9.17) is 5.11 Å². The molecule has 0 aliphatic heterocycles. The van der Waals surface area contributed by atoms with E-state index in [0.29, 0.717) is 0 Å². The Hall–Kier alpha value is -2.11. The van der Waals surface area contributed by atoms with Crippen LogP contribution in [0.15, 0.2) is 24.3 Å². The summed E-state index contributed by atoms with van der Waals surface area (Å²) in [7, 11) is 1.56. The van der Waals surface area contributed by atoms with E-state index in [1.54, 1.807) is 20.0 Å². The summed E-state index contributed by atoms with van der Waals surface area (Å²) < 4.78 is 13.1. The van der Waals surface area contributed by atoms with Crippen molar-refractivity contribution in [3.8, 4) is 0 Å². The van der Waals surface area contributed by atoms with E-state index in [2.05, 4.69) is 5.32 Å². The Morgan fingerprint density at radius 1 is 1.52 bits per heavy atom. The van der Waals surface area contributed by atoms with Crippen molar-refractivity contribution in [2.75, 3.05) is 13.6 Å². The fourth-order valence-corrected chi connectivity index (χ4v) is 2.30. The standard InChI is InChI=1S/C15H19FN2O3/c1-9(14(19)20)8-18(2)15(21)17-13-7-12(13)10-4-3-5-11(16)6-10/h3-6,9,12-13H,7-8H2,1-2H3,(H,17,21)(H,19,20)/t9?,12-,13+/m0/s1. The van der Waals surface area contributed by atoms with Crippen LogP contribution in [0.2, 0.25) is 0 Å². The van der Waals surface area contributed by atoms with E-state index in [-0.39, 0.29) is 30.4 Å². The van der Waals surface area contributed by atoms with Gasteiger partial charge in [-0.1, -0.05) is 19.1 Å². The number of carboxylic acids is 1. The summed E-state index contributed by atoms with van der Waals surface area (Å²) in [6.45, 7) is 1.71. The number of urea groups is 1. The molecule has 1 saturated carbocycles. The molecule has 0 aromatic heterocycles. The summed E-state index contributed by atoms with van der Waals surface area (Å²) in [5, 5.41) is 11.7. The maximum atomic E-state index is 13.1. The lowest BCUT2D eigenvalue weighted by Gasteiger charge is -2.20. The molecule has 0 radical (unpaired) electrons. The van der Waals surface area contributed by atoms with Gasteiger partial charge >= 0.3 is 12.0 Å². The molecule has 2 amide bonds. The van der Waals surface area contributed by atoms with Gasteiger partial charge < -0.3 is 15.3 Å². The number of amides is 2. The zero-order valence-corrected chi connectivity index (χ0v) is 12.0. The molecule has 1 aliphatic rings. The number of carboxylic acid groups (broad SMARTS) is 1. The number of carbonyl (C=O) groups is 2. The van der Waals surface area contributed by atoms with Gasteiger partial charge in [0.05, 0.1) is 5.92 Å². The van der Waals surface area contributed by atoms with E-state index >= 15 is 0 Å². The normalized spacial score (nSPS) is 21.5. The molecule has 21 heavy (non-hydrogen) atoms. The lowest BCUT2D eigenvalue weighted by Crippen LogP contribution is -2.42. The van der Waals surface area contributed by atoms with Gasteiger partial charge in [-0.25, -0.2) is 9.18 Å². The Morgan fingerprint density at radius 2 is 2.24 bits per heavy atom. The van der Waals surface area contributed by atoms with Gasteiger partial charge in [0.1, 0.15) is 5.82 Å². The zero-order chi connectivity index (χ0) is 15.6. The largest absolute Gasteiger partial charge is 0.481 e. The molecule has 1 aromatic carbocycles. The third-order valence-corrected chi connectivity index (χ3v) is 3.69. The monoisotopic (exact) mass is 294 g/mol. The number of hydrogen-bond donors (Lipinski definition) is 2. The van der Waals surface area contributed by atoms with Crippen molar-refractivity contribution >= 4 is 12.0 Å². The van der Waals surface area contributed by atoms with E-state index < -0.39 is 11.9 Å². The first-order valence-electron chi connectivity index (χ1n) is 6.88. The lowest BCUT2D eigenvalue weighted by molar-refractivity contribution is -0.141. The van der Waals surface area contributed by atoms with Gasteiger partial charge in [0.2, 0.25) is 0 Å². The summed E-state index contributed by atoms with van der Waals surface area (Å²) in [5.41, 5.74) is 0.877. The molecule has 2 N–H and O–H groups in total. The fourth-order valence-electron chi connectivity index (χ4n) is 2.30. The molecule has 6 heteroatoms. The minimum Gasteiger partial charge on any atom is -0.481 e. The van der Waals surface area contributed by atoms with Crippen LogP contribution < -0.4 is 5.32 Å². The first-order valence-corrected chi connectivity index (χ1v) is 6.88. The second kappa shape index (κ2) is 6.11. The number of nitrogens with zero attached hydrogens (tertiary/aromatic N) is 1. The molecule has 114 valence electrons. The van der Waals surface area contributed by atoms with Crippen LogP contribution in [0, 0.1) is 11.7 Å². The lowest BCUT2D eigenvalue weighted by atomic mass is 10.1. The van der Waals surface area contributed by atoms with Gasteiger partial charge in [-0.05, 0) is 24.1 Å². The van der Waals surface area contributed by atoms with Gasteiger partial charge in [0.25, 0.3) is 0 Å². The zero-order valence-electron chi connectivity index (χ0n) is 12.0. The average molecular weight is 294 g/mol. The predicted octanol–water partition coefficient (Wildman–Crippen LogP) is 2.04. The van der Waals surface area contributed by atoms with Crippen molar-refractivity contribution in [1.82, 2.24) is 10.2 Å². The highest BCUT2D eigenvalue weighted by molar-refractivity contribution is 5.76. The highest BCUT2D eigenvalue weighted by atomic mass is 19.1. The molecule has 3 atom stereocenters. The van der Waals surface area contributed by atoms with Crippen molar-refractivity contribution in [2.24, 2.45) is 5.92 Å². The van der Waals surface area contributed by atoms with Crippen LogP contribution in [-0.4, -0.2) is 41.6 Å². The smallest absolute Gasteiger partial charge is 0.317 e. The molecule has 5 nitrogen and oxygen atoms in total. The Balaban J connectivity index is 1.84. The van der Waals surface area contributed by atoms with Crippen molar-refractivity contribution in [1.29, 1.82) is 0 Å². The minimum absolute atomic E-state index is 0.0121. The van der Waals surface area contributed by atoms with E-state index in [1.807, 2.05) is 6.07 Å². The predicted molar refractivity (Wildman–Crippen MR) is 75.5 cm³/mol. The Morgan fingerprint density at radius 3 is 2.86 bits per heavy atom. The summed E-state index contributed by atoms with van der Waals surface area (Å²) in [6, 6.07) is 6.06. The summed E-state index contributed by atoms with van der Waals surface area (Å²) >= 11 is 0. The first kappa shape index (κ1) is 15.3. The molecule has 1 unspecified atom stereocenters. The number of rotatable bonds is 5. The molecular weight excluding hydrogens is 275 g/mol. The fraction of sp³-hybridized carbons (Fsp3) is 0.467. The number of nitrogens with one attached hydrogen (secondary N) is 1. The van der Waals surface area contributed by atoms with Crippen LogP contribution in [0.3, 0.4) is 0 Å². The third kappa shape index (κ3) is 3.93. The number of halogens is 1. The molecule has 1 fully saturated rings. The topological polar surface area (TPSA) is 69.6 Å². The molecule has 0 bridgehead atoms. The van der Waals surface area contributed by atoms with Crippen LogP contribution >= 0.6 is 0 Å². The van der Waals surface area contributed by atoms with E-state index in [0.717, 1.165) is 12.0 Å². The van der Waals surface area contributed by atoms with Crippen molar-refractivity contribution in [2.45, 2.75) is 25.3 Å². The van der Waals surface area contributed by atoms with Crippen molar-refractivity contribution < 1.29 is 19.1 Å². The van der Waals surface area contributed by atoms with Gasteiger partial charge in [-0.15, -0.1) is 0 Å². The molecule has 1 aromatic rings. The third-order valence-electron chi connectivity index (χ3n) is 3.69. The molecular formula is C15H19FN2O3. The Bertz CT molecular complexity index is 549. The minimum atomic E-state index is -0.932. The highest BCUT2D eigenvalue weighted by Gasteiger charge is 2.40. The molecule has 0 saturated heterocycles. The number of aliphatic carboxylic acids is 1. The number of carbonyl (C=O) groups excluding carboxylic acids is 1. The second-order valence-electron chi connectivity index (χ2n) is 5.57. The Kier molecular flexibility index (Phi) is 4.45. The summed E-state index contributed by atoms with van der Waals surface area (Å²) in [5.74, 6) is -1.69. The first-order chi connectivity index (χ1) is 9.88. The molecule has 0 heterocycles. The van der Waals surface area contributed by atoms with Crippen LogP contribution in [0.1, 0.15) is 24.8 Å². The highest BCUT2D eigenvalue weighted by Crippen LogP contribution is 2.40. The van der Waals surface area contributed by atoms with Crippen molar-refractivity contribution in [3.05, 3.63) is 35.6 Å². The van der Waals surface area contributed by atoms with Gasteiger partial charge in [-0.3, -0.25) is 4.79 Å². The average Bonchev–Trinajstić information content (AvgIpc) is 3.17. The van der Waals surface area contributed by atoms with Crippen LogP contribution in [0.25, 0.3) is 0 Å². The number of hydrogen-bond acceptors (Lipinski definition) is 2. The van der Waals surface area contributed by atoms with Gasteiger partial charge in [0.15, 0.2) is 0 Å². The van der Waals surface area contributed by atoms with Gasteiger partial charge in [0, 0.05) is 25.6 Å². The maximum Gasteiger partial charge on any atom is 0.317 e. The number of benzene rings is 1. The Labute approximate surface area is 122 Å². The second-order valence-corrected chi connectivity index (χ2v) is 5.57. The quantitative estimate of drug-likeness (QED) is 0.873. The molecule has 2 rings (SSSR count). The summed E-state index contributed by atoms with van der Waals surface area (Å²) in [6.07, 6.45) is 0.775. The van der Waals surface area contributed by atoms with Crippen LogP contribution in [-0.2, 0) is 4.79 Å². The van der Waals surface area contributed by atoms with Crippen molar-refractivity contribution in [3.63, 3.8) is 0 Å². The SMILES string of the molecule is CC(CN(C)C(=O)N[C@@H]1C[C@H]1c1cccc(F)c1)C(=O)O.